The molecular weight excluding hydrogens is 276 g/mol. The van der Waals surface area contributed by atoms with Crippen LogP contribution in [-0.4, -0.2) is 22.3 Å². The maximum Gasteiger partial charge on any atom is 0.211 e. The average Bonchev–Trinajstić information content (AvgIpc) is 2.90. The monoisotopic (exact) mass is 286 g/mol. The van der Waals surface area contributed by atoms with Crippen LogP contribution < -0.4 is 4.74 Å². The van der Waals surface area contributed by atoms with Gasteiger partial charge in [0.1, 0.15) is 17.1 Å². The standard InChI is InChI=1S/C15H11ClN2O2/c1-20-13-6-5-10(8-11(13)16)15(19)12-9-17-14-4-2-3-7-18(12)14/h2-9H,1H3. The minimum atomic E-state index is -0.131. The Labute approximate surface area is 120 Å². The van der Waals surface area contributed by atoms with E-state index in [1.807, 2.05) is 18.2 Å². The lowest BCUT2D eigenvalue weighted by atomic mass is 10.1. The molecule has 3 rings (SSSR count). The van der Waals surface area contributed by atoms with E-state index >= 15 is 0 Å². The predicted molar refractivity (Wildman–Crippen MR) is 76.6 cm³/mol. The number of ether oxygens (including phenoxy) is 1. The molecule has 0 aliphatic carbocycles. The van der Waals surface area contributed by atoms with Gasteiger partial charge in [-0.3, -0.25) is 9.20 Å². The lowest BCUT2D eigenvalue weighted by Gasteiger charge is -2.05. The van der Waals surface area contributed by atoms with Gasteiger partial charge < -0.3 is 4.74 Å². The highest BCUT2D eigenvalue weighted by Gasteiger charge is 2.15. The molecule has 0 aliphatic heterocycles. The second-order valence-corrected chi connectivity index (χ2v) is 4.66. The Bertz CT molecular complexity index is 795. The number of rotatable bonds is 3. The molecule has 0 aliphatic rings. The summed E-state index contributed by atoms with van der Waals surface area (Å²) in [4.78, 5) is 16.7. The molecule has 3 aromatic rings. The van der Waals surface area contributed by atoms with Crippen molar-refractivity contribution in [3.63, 3.8) is 0 Å². The summed E-state index contributed by atoms with van der Waals surface area (Å²) in [6.45, 7) is 0. The molecule has 0 fully saturated rings. The molecule has 0 N–H and O–H groups in total. The third-order valence-electron chi connectivity index (χ3n) is 3.06. The van der Waals surface area contributed by atoms with Crippen LogP contribution in [0.4, 0.5) is 0 Å². The highest BCUT2D eigenvalue weighted by Crippen LogP contribution is 2.26. The van der Waals surface area contributed by atoms with Crippen LogP contribution >= 0.6 is 11.6 Å². The molecule has 1 aromatic carbocycles. The zero-order chi connectivity index (χ0) is 14.1. The number of carbonyl (C=O) groups excluding carboxylic acids is 1. The van der Waals surface area contributed by atoms with Gasteiger partial charge in [-0.1, -0.05) is 17.7 Å². The number of hydrogen-bond donors (Lipinski definition) is 0. The van der Waals surface area contributed by atoms with Gasteiger partial charge in [-0.2, -0.15) is 0 Å². The molecule has 2 heterocycles. The summed E-state index contributed by atoms with van der Waals surface area (Å²) in [5, 5.41) is 0.409. The minimum Gasteiger partial charge on any atom is -0.495 e. The van der Waals surface area contributed by atoms with Gasteiger partial charge >= 0.3 is 0 Å². The zero-order valence-corrected chi connectivity index (χ0v) is 11.5. The number of carbonyl (C=O) groups is 1. The first kappa shape index (κ1) is 12.7. The summed E-state index contributed by atoms with van der Waals surface area (Å²) >= 11 is 6.05. The van der Waals surface area contributed by atoms with Gasteiger partial charge in [-0.05, 0) is 30.3 Å². The van der Waals surface area contributed by atoms with Gasteiger partial charge in [-0.15, -0.1) is 0 Å². The second kappa shape index (κ2) is 4.98. The lowest BCUT2D eigenvalue weighted by Crippen LogP contribution is -2.05. The van der Waals surface area contributed by atoms with Crippen molar-refractivity contribution in [2.24, 2.45) is 0 Å². The second-order valence-electron chi connectivity index (χ2n) is 4.25. The quantitative estimate of drug-likeness (QED) is 0.694. The summed E-state index contributed by atoms with van der Waals surface area (Å²) < 4.78 is 6.83. The fourth-order valence-electron chi connectivity index (χ4n) is 2.06. The molecular formula is C15H11ClN2O2. The van der Waals surface area contributed by atoms with Crippen LogP contribution in [-0.2, 0) is 0 Å². The van der Waals surface area contributed by atoms with Gasteiger partial charge in [0, 0.05) is 11.8 Å². The molecule has 0 saturated carbocycles. The molecule has 100 valence electrons. The molecule has 0 saturated heterocycles. The van der Waals surface area contributed by atoms with Crippen LogP contribution in [0.5, 0.6) is 5.75 Å². The highest BCUT2D eigenvalue weighted by atomic mass is 35.5. The normalized spacial score (nSPS) is 10.7. The number of pyridine rings is 1. The maximum atomic E-state index is 12.5. The van der Waals surface area contributed by atoms with E-state index in [4.69, 9.17) is 16.3 Å². The first-order chi connectivity index (χ1) is 9.70. The molecule has 20 heavy (non-hydrogen) atoms. The van der Waals surface area contributed by atoms with Gasteiger partial charge in [0.15, 0.2) is 0 Å². The van der Waals surface area contributed by atoms with Crippen molar-refractivity contribution < 1.29 is 9.53 Å². The first-order valence-corrected chi connectivity index (χ1v) is 6.39. The van der Waals surface area contributed by atoms with E-state index in [2.05, 4.69) is 4.98 Å². The summed E-state index contributed by atoms with van der Waals surface area (Å²) in [6.07, 6.45) is 3.37. The van der Waals surface area contributed by atoms with E-state index in [1.54, 1.807) is 35.0 Å². The molecule has 0 bridgehead atoms. The largest absolute Gasteiger partial charge is 0.495 e. The highest BCUT2D eigenvalue weighted by molar-refractivity contribution is 6.32. The number of benzene rings is 1. The van der Waals surface area contributed by atoms with E-state index in [9.17, 15) is 4.79 Å². The van der Waals surface area contributed by atoms with Gasteiger partial charge in [0.05, 0.1) is 18.3 Å². The number of methoxy groups -OCH3 is 1. The lowest BCUT2D eigenvalue weighted by molar-refractivity contribution is 0.103. The van der Waals surface area contributed by atoms with Crippen LogP contribution in [0.3, 0.4) is 0 Å². The molecule has 5 heteroatoms. The fourth-order valence-corrected chi connectivity index (χ4v) is 2.31. The Morgan fingerprint density at radius 2 is 2.15 bits per heavy atom. The third-order valence-corrected chi connectivity index (χ3v) is 3.36. The van der Waals surface area contributed by atoms with Crippen molar-refractivity contribution in [2.45, 2.75) is 0 Å². The zero-order valence-electron chi connectivity index (χ0n) is 10.7. The number of nitrogens with zero attached hydrogens (tertiary/aromatic N) is 2. The van der Waals surface area contributed by atoms with Crippen molar-refractivity contribution in [2.75, 3.05) is 7.11 Å². The number of ketones is 1. The Morgan fingerprint density at radius 3 is 2.90 bits per heavy atom. The SMILES string of the molecule is COc1ccc(C(=O)c2cnc3ccccn23)cc1Cl. The maximum absolute atomic E-state index is 12.5. The van der Waals surface area contributed by atoms with Crippen molar-refractivity contribution in [1.82, 2.24) is 9.38 Å². The molecule has 0 radical (unpaired) electrons. The van der Waals surface area contributed by atoms with E-state index in [0.29, 0.717) is 22.0 Å². The van der Waals surface area contributed by atoms with E-state index in [-0.39, 0.29) is 5.78 Å². The molecule has 2 aromatic heterocycles. The molecule has 0 atom stereocenters. The van der Waals surface area contributed by atoms with Gasteiger partial charge in [-0.25, -0.2) is 4.98 Å². The number of imidazole rings is 1. The Balaban J connectivity index is 2.06. The Kier molecular flexibility index (Phi) is 3.16. The topological polar surface area (TPSA) is 43.6 Å². The van der Waals surface area contributed by atoms with Crippen molar-refractivity contribution in [3.8, 4) is 5.75 Å². The number of aromatic nitrogens is 2. The third kappa shape index (κ3) is 2.04. The van der Waals surface area contributed by atoms with Gasteiger partial charge in [0.25, 0.3) is 0 Å². The van der Waals surface area contributed by atoms with E-state index in [1.165, 1.54) is 7.11 Å². The van der Waals surface area contributed by atoms with Crippen molar-refractivity contribution in [3.05, 3.63) is 65.1 Å². The van der Waals surface area contributed by atoms with E-state index in [0.717, 1.165) is 5.65 Å². The van der Waals surface area contributed by atoms with Crippen LogP contribution in [0.15, 0.2) is 48.8 Å². The molecule has 0 amide bonds. The summed E-state index contributed by atoms with van der Waals surface area (Å²) in [6, 6.07) is 10.5. The smallest absolute Gasteiger partial charge is 0.211 e. The van der Waals surface area contributed by atoms with Crippen molar-refractivity contribution >= 4 is 23.0 Å². The summed E-state index contributed by atoms with van der Waals surface area (Å²) in [5.41, 5.74) is 1.73. The Morgan fingerprint density at radius 1 is 1.30 bits per heavy atom. The molecule has 4 nitrogen and oxygen atoms in total. The van der Waals surface area contributed by atoms with Crippen LogP contribution in [0.2, 0.25) is 5.02 Å². The number of hydrogen-bond acceptors (Lipinski definition) is 3. The first-order valence-electron chi connectivity index (χ1n) is 6.01. The van der Waals surface area contributed by atoms with Gasteiger partial charge in [0.2, 0.25) is 5.78 Å². The van der Waals surface area contributed by atoms with Crippen LogP contribution in [0.1, 0.15) is 16.1 Å². The minimum absolute atomic E-state index is 0.131. The number of fused-ring (bicyclic) bond motifs is 1. The van der Waals surface area contributed by atoms with Crippen LogP contribution in [0.25, 0.3) is 5.65 Å². The summed E-state index contributed by atoms with van der Waals surface area (Å²) in [7, 11) is 1.53. The van der Waals surface area contributed by atoms with E-state index < -0.39 is 0 Å². The fraction of sp³-hybridized carbons (Fsp3) is 0.0667. The van der Waals surface area contributed by atoms with Crippen LogP contribution in [0, 0.1) is 0 Å². The van der Waals surface area contributed by atoms with Crippen molar-refractivity contribution in [1.29, 1.82) is 0 Å². The molecule has 0 unspecified atom stereocenters. The average molecular weight is 287 g/mol. The predicted octanol–water partition coefficient (Wildman–Crippen LogP) is 3.23. The number of halogens is 1. The Hall–Kier alpha value is -2.33. The molecule has 0 spiro atoms. The summed E-state index contributed by atoms with van der Waals surface area (Å²) in [5.74, 6) is 0.412.